The van der Waals surface area contributed by atoms with Crippen LogP contribution < -0.4 is 0 Å². The van der Waals surface area contributed by atoms with E-state index in [4.69, 9.17) is 9.47 Å². The van der Waals surface area contributed by atoms with Crippen molar-refractivity contribution in [3.05, 3.63) is 23.3 Å². The van der Waals surface area contributed by atoms with Gasteiger partial charge in [-0.2, -0.15) is 0 Å². The first-order valence-corrected chi connectivity index (χ1v) is 5.51. The van der Waals surface area contributed by atoms with Gasteiger partial charge >= 0.3 is 0 Å². The van der Waals surface area contributed by atoms with Crippen molar-refractivity contribution < 1.29 is 14.3 Å². The maximum atomic E-state index is 11.3. The molecule has 1 fully saturated rings. The fourth-order valence-corrected chi connectivity index (χ4v) is 2.44. The Bertz CT molecular complexity index is 359. The molecule has 3 aliphatic rings. The zero-order valence-corrected chi connectivity index (χ0v) is 8.62. The molecular weight excluding hydrogens is 192 g/mol. The molecular formula is C12H14O3. The van der Waals surface area contributed by atoms with Crippen LogP contribution in [-0.4, -0.2) is 24.8 Å². The van der Waals surface area contributed by atoms with Crippen LogP contribution in [0.3, 0.4) is 0 Å². The number of hydrogen-bond donors (Lipinski definition) is 0. The molecule has 1 unspecified atom stereocenters. The smallest absolute Gasteiger partial charge is 0.188 e. The second kappa shape index (κ2) is 3.29. The molecule has 2 heterocycles. The molecule has 0 saturated carbocycles. The van der Waals surface area contributed by atoms with Gasteiger partial charge in [0.1, 0.15) is 0 Å². The highest BCUT2D eigenvalue weighted by Crippen LogP contribution is 2.37. The van der Waals surface area contributed by atoms with Gasteiger partial charge in [0.25, 0.3) is 0 Å². The zero-order valence-electron chi connectivity index (χ0n) is 8.62. The van der Waals surface area contributed by atoms with Crippen LogP contribution in [0.5, 0.6) is 0 Å². The van der Waals surface area contributed by atoms with E-state index in [0.29, 0.717) is 13.0 Å². The number of fused-ring (bicyclic) bond motifs is 1. The van der Waals surface area contributed by atoms with E-state index in [1.165, 1.54) is 0 Å². The first kappa shape index (κ1) is 9.31. The molecule has 1 spiro atoms. The maximum absolute atomic E-state index is 11.3. The van der Waals surface area contributed by atoms with E-state index in [2.05, 4.69) is 0 Å². The average Bonchev–Trinajstić information content (AvgIpc) is 2.58. The van der Waals surface area contributed by atoms with E-state index in [-0.39, 0.29) is 5.78 Å². The monoisotopic (exact) mass is 206 g/mol. The normalized spacial score (nSPS) is 35.1. The molecule has 3 rings (SSSR count). The van der Waals surface area contributed by atoms with Gasteiger partial charge in [0.05, 0.1) is 13.2 Å². The van der Waals surface area contributed by atoms with E-state index in [0.717, 1.165) is 37.0 Å². The summed E-state index contributed by atoms with van der Waals surface area (Å²) in [4.78, 5) is 11.3. The Kier molecular flexibility index (Phi) is 2.04. The van der Waals surface area contributed by atoms with E-state index in [9.17, 15) is 4.79 Å². The molecule has 1 aliphatic carbocycles. The van der Waals surface area contributed by atoms with Crippen LogP contribution in [-0.2, 0) is 14.3 Å². The fourth-order valence-electron chi connectivity index (χ4n) is 2.44. The largest absolute Gasteiger partial charge is 0.346 e. The summed E-state index contributed by atoms with van der Waals surface area (Å²) in [7, 11) is 0. The number of carbonyl (C=O) groups excluding carboxylic acids is 1. The molecule has 0 aromatic carbocycles. The molecule has 1 saturated heterocycles. The molecule has 3 nitrogen and oxygen atoms in total. The van der Waals surface area contributed by atoms with Crippen molar-refractivity contribution in [2.75, 3.05) is 13.2 Å². The SMILES string of the molecule is O=C1C=C2COC3(C=C2C1)CCCCO3. The zero-order chi connectivity index (χ0) is 10.3. The topological polar surface area (TPSA) is 35.5 Å². The highest BCUT2D eigenvalue weighted by atomic mass is 16.7. The third kappa shape index (κ3) is 1.56. The van der Waals surface area contributed by atoms with Gasteiger partial charge in [-0.3, -0.25) is 4.79 Å². The fraction of sp³-hybridized carbons (Fsp3) is 0.583. The number of ether oxygens (including phenoxy) is 2. The van der Waals surface area contributed by atoms with E-state index in [1.807, 2.05) is 6.08 Å². The van der Waals surface area contributed by atoms with Crippen LogP contribution in [0.25, 0.3) is 0 Å². The minimum Gasteiger partial charge on any atom is -0.346 e. The van der Waals surface area contributed by atoms with Gasteiger partial charge in [-0.1, -0.05) is 0 Å². The summed E-state index contributed by atoms with van der Waals surface area (Å²) < 4.78 is 11.5. The lowest BCUT2D eigenvalue weighted by molar-refractivity contribution is -0.222. The van der Waals surface area contributed by atoms with Crippen molar-refractivity contribution in [2.24, 2.45) is 0 Å². The highest BCUT2D eigenvalue weighted by molar-refractivity contribution is 5.97. The highest BCUT2D eigenvalue weighted by Gasteiger charge is 2.38. The Morgan fingerprint density at radius 1 is 1.20 bits per heavy atom. The third-order valence-electron chi connectivity index (χ3n) is 3.24. The predicted molar refractivity (Wildman–Crippen MR) is 54.3 cm³/mol. The lowest BCUT2D eigenvalue weighted by Crippen LogP contribution is -2.40. The first-order chi connectivity index (χ1) is 7.27. The quantitative estimate of drug-likeness (QED) is 0.605. The molecule has 3 heteroatoms. The molecule has 0 aromatic heterocycles. The van der Waals surface area contributed by atoms with Gasteiger partial charge in [-0.25, -0.2) is 0 Å². The summed E-state index contributed by atoms with van der Waals surface area (Å²) in [6.07, 6.45) is 7.41. The predicted octanol–water partition coefficient (Wildman–Crippen LogP) is 1.74. The minimum atomic E-state index is -0.518. The van der Waals surface area contributed by atoms with Gasteiger partial charge < -0.3 is 9.47 Å². The van der Waals surface area contributed by atoms with Crippen molar-refractivity contribution in [3.8, 4) is 0 Å². The van der Waals surface area contributed by atoms with Crippen molar-refractivity contribution in [1.29, 1.82) is 0 Å². The Morgan fingerprint density at radius 3 is 2.93 bits per heavy atom. The summed E-state index contributed by atoms with van der Waals surface area (Å²) in [5, 5.41) is 0. The van der Waals surface area contributed by atoms with Crippen molar-refractivity contribution in [2.45, 2.75) is 31.5 Å². The van der Waals surface area contributed by atoms with Crippen LogP contribution >= 0.6 is 0 Å². The first-order valence-electron chi connectivity index (χ1n) is 5.51. The lowest BCUT2D eigenvalue weighted by Gasteiger charge is -2.38. The van der Waals surface area contributed by atoms with Gasteiger partial charge in [0.2, 0.25) is 0 Å². The van der Waals surface area contributed by atoms with Crippen molar-refractivity contribution >= 4 is 5.78 Å². The summed E-state index contributed by atoms with van der Waals surface area (Å²) in [6, 6.07) is 0. The average molecular weight is 206 g/mol. The van der Waals surface area contributed by atoms with E-state index >= 15 is 0 Å². The maximum Gasteiger partial charge on any atom is 0.188 e. The van der Waals surface area contributed by atoms with Crippen LogP contribution in [0.15, 0.2) is 23.3 Å². The summed E-state index contributed by atoms with van der Waals surface area (Å²) >= 11 is 0. The Hall–Kier alpha value is -0.930. The van der Waals surface area contributed by atoms with Crippen molar-refractivity contribution in [3.63, 3.8) is 0 Å². The Balaban J connectivity index is 1.90. The molecule has 0 amide bonds. The molecule has 1 atom stereocenters. The third-order valence-corrected chi connectivity index (χ3v) is 3.24. The molecule has 0 bridgehead atoms. The van der Waals surface area contributed by atoms with Gasteiger partial charge in [-0.15, -0.1) is 0 Å². The van der Waals surface area contributed by atoms with Crippen molar-refractivity contribution in [1.82, 2.24) is 0 Å². The molecule has 80 valence electrons. The Labute approximate surface area is 88.7 Å². The Morgan fingerprint density at radius 2 is 2.13 bits per heavy atom. The molecule has 0 aromatic rings. The van der Waals surface area contributed by atoms with Gasteiger partial charge in [0, 0.05) is 12.8 Å². The lowest BCUT2D eigenvalue weighted by atomic mass is 9.97. The molecule has 0 radical (unpaired) electrons. The second-order valence-electron chi connectivity index (χ2n) is 4.39. The number of hydrogen-bond acceptors (Lipinski definition) is 3. The van der Waals surface area contributed by atoms with Crippen LogP contribution in [0.1, 0.15) is 25.7 Å². The summed E-state index contributed by atoms with van der Waals surface area (Å²) in [6.45, 7) is 1.29. The molecule has 15 heavy (non-hydrogen) atoms. The number of ketones is 1. The summed E-state index contributed by atoms with van der Waals surface area (Å²) in [5.74, 6) is -0.331. The standard InChI is InChI=1S/C12H14O3/c13-11-5-9-7-12(3-1-2-4-14-12)15-8-10(9)6-11/h6-7H,1-5,8H2. The van der Waals surface area contributed by atoms with Crippen LogP contribution in [0.2, 0.25) is 0 Å². The number of allylic oxidation sites excluding steroid dienone is 1. The second-order valence-corrected chi connectivity index (χ2v) is 4.39. The summed E-state index contributed by atoms with van der Waals surface area (Å²) in [5.41, 5.74) is 2.16. The number of carbonyl (C=O) groups is 1. The van der Waals surface area contributed by atoms with E-state index < -0.39 is 5.79 Å². The van der Waals surface area contributed by atoms with Crippen LogP contribution in [0, 0.1) is 0 Å². The van der Waals surface area contributed by atoms with Crippen LogP contribution in [0.4, 0.5) is 0 Å². The number of rotatable bonds is 0. The van der Waals surface area contributed by atoms with E-state index in [1.54, 1.807) is 6.08 Å². The molecule has 0 N–H and O–H groups in total. The van der Waals surface area contributed by atoms with Gasteiger partial charge in [-0.05, 0) is 36.1 Å². The molecule has 2 aliphatic heterocycles. The van der Waals surface area contributed by atoms with Gasteiger partial charge in [0.15, 0.2) is 11.6 Å². The minimum absolute atomic E-state index is 0.188.